The Bertz CT molecular complexity index is 608. The predicted molar refractivity (Wildman–Crippen MR) is 143 cm³/mol. The predicted octanol–water partition coefficient (Wildman–Crippen LogP) is 2.93. The molecule has 0 aromatic heterocycles. The van der Waals surface area contributed by atoms with E-state index in [9.17, 15) is 4.79 Å². The Balaban J connectivity index is 4.49. The molecule has 9 N–H and O–H groups in total. The molecule has 0 aliphatic carbocycles. The van der Waals surface area contributed by atoms with Gasteiger partial charge >= 0.3 is 0 Å². The monoisotopic (exact) mass is 488 g/mol. The summed E-state index contributed by atoms with van der Waals surface area (Å²) < 4.78 is 6.22. The summed E-state index contributed by atoms with van der Waals surface area (Å²) >= 11 is 1.88. The summed E-state index contributed by atoms with van der Waals surface area (Å²) in [7, 11) is 0. The fourth-order valence-corrected chi connectivity index (χ4v) is 4.87. The van der Waals surface area contributed by atoms with Crippen LogP contribution in [0.5, 0.6) is 0 Å². The molecule has 0 aliphatic heterocycles. The largest absolute Gasteiger partial charge is 0.375 e. The molecule has 1 amide bonds. The second-order valence-corrected chi connectivity index (χ2v) is 12.6. The van der Waals surface area contributed by atoms with Crippen molar-refractivity contribution in [3.05, 3.63) is 0 Å². The molecule has 0 saturated heterocycles. The number of carbonyl (C=O) groups is 1. The minimum Gasteiger partial charge on any atom is -0.375 e. The van der Waals surface area contributed by atoms with Gasteiger partial charge in [-0.3, -0.25) is 10.2 Å². The zero-order valence-electron chi connectivity index (χ0n) is 22.4. The van der Waals surface area contributed by atoms with Gasteiger partial charge in [0.05, 0.1) is 11.6 Å². The van der Waals surface area contributed by atoms with Crippen LogP contribution in [0.1, 0.15) is 87.0 Å². The molecule has 2 atom stereocenters. The molecule has 33 heavy (non-hydrogen) atoms. The smallest absolute Gasteiger partial charge is 0.237 e. The van der Waals surface area contributed by atoms with Crippen LogP contribution >= 0.6 is 11.8 Å². The molecule has 0 heterocycles. The number of hydrogen-bond acceptors (Lipinski definition) is 6. The van der Waals surface area contributed by atoms with E-state index < -0.39 is 11.6 Å². The zero-order chi connectivity index (χ0) is 25.9. The molecule has 0 aliphatic rings. The Morgan fingerprint density at radius 3 is 2.24 bits per heavy atom. The van der Waals surface area contributed by atoms with E-state index in [1.54, 1.807) is 0 Å². The van der Waals surface area contributed by atoms with Crippen LogP contribution in [0, 0.1) is 10.8 Å². The number of hydrogen-bond donors (Lipinski definition) is 6. The molecule has 2 unspecified atom stereocenters. The molecular weight excluding hydrogens is 436 g/mol. The fourth-order valence-electron chi connectivity index (χ4n) is 3.95. The molecule has 0 aromatic carbocycles. The van der Waals surface area contributed by atoms with Crippen molar-refractivity contribution in [3.8, 4) is 0 Å². The zero-order valence-corrected chi connectivity index (χ0v) is 23.2. The van der Waals surface area contributed by atoms with Gasteiger partial charge in [0, 0.05) is 24.2 Å². The lowest BCUT2D eigenvalue weighted by Gasteiger charge is -2.37. The first-order chi connectivity index (χ1) is 14.9. The van der Waals surface area contributed by atoms with Gasteiger partial charge in [-0.2, -0.15) is 11.8 Å². The van der Waals surface area contributed by atoms with E-state index in [1.807, 2.05) is 25.6 Å². The minimum absolute atomic E-state index is 0.0773. The maximum Gasteiger partial charge on any atom is 0.237 e. The second-order valence-electron chi connectivity index (χ2n) is 11.7. The number of nitrogens with one attached hydrogen (secondary N) is 3. The number of guanidine groups is 1. The summed E-state index contributed by atoms with van der Waals surface area (Å²) in [5.41, 5.74) is 17.1. The number of carbonyl (C=O) groups excluding carboxylic acids is 1. The van der Waals surface area contributed by atoms with Crippen LogP contribution in [0.25, 0.3) is 0 Å². The number of nitrogens with two attached hydrogens (primary N) is 3. The van der Waals surface area contributed by atoms with E-state index in [1.165, 1.54) is 0 Å². The van der Waals surface area contributed by atoms with Gasteiger partial charge in [0.25, 0.3) is 0 Å². The van der Waals surface area contributed by atoms with Crippen molar-refractivity contribution in [3.63, 3.8) is 0 Å². The Hall–Kier alpha value is -1.03. The number of rotatable bonds is 17. The molecule has 0 fully saturated rings. The quantitative estimate of drug-likeness (QED) is 0.105. The van der Waals surface area contributed by atoms with E-state index in [0.29, 0.717) is 32.4 Å². The van der Waals surface area contributed by atoms with Crippen molar-refractivity contribution in [2.45, 2.75) is 110 Å². The first kappa shape index (κ1) is 32.0. The van der Waals surface area contributed by atoms with Crippen LogP contribution in [-0.4, -0.2) is 59.7 Å². The number of amides is 1. The highest BCUT2D eigenvalue weighted by atomic mass is 32.2. The van der Waals surface area contributed by atoms with Crippen molar-refractivity contribution >= 4 is 23.6 Å². The Morgan fingerprint density at radius 1 is 1.09 bits per heavy atom. The molecular formula is C24H52N6O2S. The first-order valence-electron chi connectivity index (χ1n) is 12.0. The van der Waals surface area contributed by atoms with Gasteiger partial charge in [-0.25, -0.2) is 0 Å². The summed E-state index contributed by atoms with van der Waals surface area (Å²) in [6.45, 7) is 15.9. The average molecular weight is 489 g/mol. The molecule has 0 bridgehead atoms. The lowest BCUT2D eigenvalue weighted by molar-refractivity contribution is -0.124. The first-order valence-corrected chi connectivity index (χ1v) is 13.4. The molecule has 0 spiro atoms. The van der Waals surface area contributed by atoms with Crippen LogP contribution < -0.4 is 27.8 Å². The van der Waals surface area contributed by atoms with Gasteiger partial charge in [-0.15, -0.1) is 0 Å². The second kappa shape index (κ2) is 13.8. The molecule has 0 saturated carbocycles. The van der Waals surface area contributed by atoms with E-state index in [0.717, 1.165) is 25.0 Å². The molecule has 0 aromatic rings. The van der Waals surface area contributed by atoms with Crippen molar-refractivity contribution in [1.82, 2.24) is 10.6 Å². The SMILES string of the molecule is CSCC(C)(C)CCC(C)(N)CC(C)(C)OCCC(C)(C)NC(=O)C(N)CCCNC(=N)N. The fraction of sp³-hybridized carbons (Fsp3) is 0.917. The van der Waals surface area contributed by atoms with Crippen LogP contribution in [-0.2, 0) is 9.53 Å². The van der Waals surface area contributed by atoms with E-state index in [4.69, 9.17) is 27.3 Å². The summed E-state index contributed by atoms with van der Waals surface area (Å²) in [6, 6.07) is -0.594. The normalized spacial score (nSPS) is 15.6. The molecule has 8 nitrogen and oxygen atoms in total. The molecule has 196 valence electrons. The van der Waals surface area contributed by atoms with E-state index in [2.05, 4.69) is 51.5 Å². The topological polar surface area (TPSA) is 152 Å². The van der Waals surface area contributed by atoms with Crippen molar-refractivity contribution in [2.75, 3.05) is 25.2 Å². The van der Waals surface area contributed by atoms with Gasteiger partial charge in [0.2, 0.25) is 5.91 Å². The Morgan fingerprint density at radius 2 is 1.70 bits per heavy atom. The van der Waals surface area contributed by atoms with Crippen LogP contribution in [0.3, 0.4) is 0 Å². The Kier molecular flexibility index (Phi) is 13.3. The maximum absolute atomic E-state index is 12.5. The highest BCUT2D eigenvalue weighted by molar-refractivity contribution is 7.98. The van der Waals surface area contributed by atoms with Crippen molar-refractivity contribution < 1.29 is 9.53 Å². The van der Waals surface area contributed by atoms with Gasteiger partial charge in [0.15, 0.2) is 5.96 Å². The van der Waals surface area contributed by atoms with Gasteiger partial charge < -0.3 is 32.6 Å². The third kappa shape index (κ3) is 16.3. The van der Waals surface area contributed by atoms with E-state index in [-0.39, 0.29) is 28.4 Å². The third-order valence-electron chi connectivity index (χ3n) is 5.76. The third-order valence-corrected chi connectivity index (χ3v) is 6.83. The molecule has 0 rings (SSSR count). The minimum atomic E-state index is -0.594. The lowest BCUT2D eigenvalue weighted by Crippen LogP contribution is -2.51. The summed E-state index contributed by atoms with van der Waals surface area (Å²) in [6.07, 6.45) is 6.80. The average Bonchev–Trinajstić information content (AvgIpc) is 2.61. The van der Waals surface area contributed by atoms with Gasteiger partial charge in [-0.1, -0.05) is 13.8 Å². The summed E-state index contributed by atoms with van der Waals surface area (Å²) in [4.78, 5) is 12.5. The maximum atomic E-state index is 12.5. The van der Waals surface area contributed by atoms with Crippen molar-refractivity contribution in [1.29, 1.82) is 5.41 Å². The van der Waals surface area contributed by atoms with Crippen molar-refractivity contribution in [2.24, 2.45) is 22.6 Å². The molecule has 9 heteroatoms. The molecule has 0 radical (unpaired) electrons. The Labute approximate surface area is 206 Å². The summed E-state index contributed by atoms with van der Waals surface area (Å²) in [5.74, 6) is 0.874. The van der Waals surface area contributed by atoms with Crippen LogP contribution in [0.4, 0.5) is 0 Å². The lowest BCUT2D eigenvalue weighted by atomic mass is 9.79. The standard InChI is InChI=1S/C24H52N6O2S/c1-21(2,17-33-8)11-12-24(7,28)16-23(5,6)32-15-13-22(3,4)30-19(31)18(25)10-9-14-29-20(26)27/h18H,9-17,25,28H2,1-8H3,(H,30,31)(H4,26,27,29). The van der Waals surface area contributed by atoms with Gasteiger partial charge in [0.1, 0.15) is 0 Å². The van der Waals surface area contributed by atoms with Crippen LogP contribution in [0.15, 0.2) is 0 Å². The number of thioether (sulfide) groups is 1. The highest BCUT2D eigenvalue weighted by Crippen LogP contribution is 2.32. The van der Waals surface area contributed by atoms with Gasteiger partial charge in [-0.05, 0) is 90.6 Å². The van der Waals surface area contributed by atoms with E-state index >= 15 is 0 Å². The summed E-state index contributed by atoms with van der Waals surface area (Å²) in [5, 5.41) is 12.9. The van der Waals surface area contributed by atoms with Crippen LogP contribution in [0.2, 0.25) is 0 Å². The number of ether oxygens (including phenoxy) is 1. The highest BCUT2D eigenvalue weighted by Gasteiger charge is 2.32.